The Kier molecular flexibility index (Phi) is 3.14. The van der Waals surface area contributed by atoms with E-state index in [0.717, 1.165) is 16.8 Å². The summed E-state index contributed by atoms with van der Waals surface area (Å²) in [5, 5.41) is 19.0. The summed E-state index contributed by atoms with van der Waals surface area (Å²) in [5.41, 5.74) is 8.92. The number of hydrogen-bond donors (Lipinski definition) is 3. The fourth-order valence-corrected chi connectivity index (χ4v) is 2.09. The second-order valence-electron chi connectivity index (χ2n) is 4.35. The molecule has 1 aliphatic heterocycles. The summed E-state index contributed by atoms with van der Waals surface area (Å²) in [7, 11) is 0. The molecule has 16 heavy (non-hydrogen) atoms. The molecular weight excluding hydrogens is 204 g/mol. The van der Waals surface area contributed by atoms with Crippen LogP contribution in [0.25, 0.3) is 0 Å². The number of nitrogens with two attached hydrogens (primary N) is 1. The molecule has 0 aliphatic carbocycles. The Morgan fingerprint density at radius 3 is 2.44 bits per heavy atom. The molecule has 88 valence electrons. The van der Waals surface area contributed by atoms with Gasteiger partial charge in [0.25, 0.3) is 0 Å². The van der Waals surface area contributed by atoms with Crippen LogP contribution in [0.3, 0.4) is 0 Å². The first-order valence-corrected chi connectivity index (χ1v) is 5.52. The van der Waals surface area contributed by atoms with Gasteiger partial charge in [-0.2, -0.15) is 0 Å². The molecule has 0 spiro atoms. The molecule has 2 unspecified atom stereocenters. The molecule has 4 N–H and O–H groups in total. The van der Waals surface area contributed by atoms with Crippen LogP contribution in [0.1, 0.15) is 11.1 Å². The van der Waals surface area contributed by atoms with Crippen LogP contribution in [0.4, 0.5) is 5.69 Å². The number of hydrogen-bond acceptors (Lipinski definition) is 4. The summed E-state index contributed by atoms with van der Waals surface area (Å²) in [4.78, 5) is 1.99. The van der Waals surface area contributed by atoms with Crippen LogP contribution in [-0.2, 0) is 6.54 Å². The minimum Gasteiger partial charge on any atom is -0.389 e. The van der Waals surface area contributed by atoms with Crippen molar-refractivity contribution in [3.8, 4) is 0 Å². The lowest BCUT2D eigenvalue weighted by molar-refractivity contribution is 0.0572. The van der Waals surface area contributed by atoms with E-state index in [4.69, 9.17) is 5.73 Å². The number of aliphatic hydroxyl groups is 2. The molecule has 0 aromatic heterocycles. The van der Waals surface area contributed by atoms with E-state index in [-0.39, 0.29) is 0 Å². The molecule has 4 heteroatoms. The minimum absolute atomic E-state index is 0.489. The quantitative estimate of drug-likeness (QED) is 0.658. The average molecular weight is 222 g/mol. The van der Waals surface area contributed by atoms with Gasteiger partial charge in [-0.3, -0.25) is 0 Å². The molecule has 1 aromatic carbocycles. The maximum absolute atomic E-state index is 9.49. The number of anilines is 1. The van der Waals surface area contributed by atoms with Crippen LogP contribution >= 0.6 is 0 Å². The first-order valence-electron chi connectivity index (χ1n) is 5.52. The zero-order valence-electron chi connectivity index (χ0n) is 9.43. The molecule has 0 saturated carbocycles. The van der Waals surface area contributed by atoms with E-state index in [1.165, 1.54) is 0 Å². The van der Waals surface area contributed by atoms with Crippen LogP contribution in [0.2, 0.25) is 0 Å². The first-order chi connectivity index (χ1) is 7.61. The molecule has 1 saturated heterocycles. The van der Waals surface area contributed by atoms with Crippen molar-refractivity contribution in [1.29, 1.82) is 0 Å². The summed E-state index contributed by atoms with van der Waals surface area (Å²) < 4.78 is 0. The lowest BCUT2D eigenvalue weighted by Crippen LogP contribution is -2.22. The predicted octanol–water partition coefficient (Wildman–Crippen LogP) is -0.00448. The van der Waals surface area contributed by atoms with E-state index in [1.807, 2.05) is 30.0 Å². The molecule has 0 radical (unpaired) electrons. The standard InChI is InChI=1S/C12H18N2O2/c1-8-4-10(3-2-9(8)5-13)14-6-11(15)12(16)7-14/h2-4,11-12,15-16H,5-7,13H2,1H3. The normalized spacial score (nSPS) is 25.1. The zero-order chi connectivity index (χ0) is 11.7. The Labute approximate surface area is 95.3 Å². The van der Waals surface area contributed by atoms with Crippen LogP contribution in [0, 0.1) is 6.92 Å². The number of nitrogens with zero attached hydrogens (tertiary/aromatic N) is 1. The van der Waals surface area contributed by atoms with Gasteiger partial charge in [-0.25, -0.2) is 0 Å². The molecule has 1 fully saturated rings. The summed E-state index contributed by atoms with van der Waals surface area (Å²) in [6.45, 7) is 3.54. The fraction of sp³-hybridized carbons (Fsp3) is 0.500. The van der Waals surface area contributed by atoms with Crippen molar-refractivity contribution in [2.75, 3.05) is 18.0 Å². The monoisotopic (exact) mass is 222 g/mol. The van der Waals surface area contributed by atoms with Crippen LogP contribution in [-0.4, -0.2) is 35.5 Å². The van der Waals surface area contributed by atoms with Gasteiger partial charge in [-0.15, -0.1) is 0 Å². The van der Waals surface area contributed by atoms with Crippen LogP contribution in [0.5, 0.6) is 0 Å². The Balaban J connectivity index is 2.19. The van der Waals surface area contributed by atoms with E-state index in [1.54, 1.807) is 0 Å². The molecule has 2 rings (SSSR count). The van der Waals surface area contributed by atoms with E-state index in [2.05, 4.69) is 0 Å². The Morgan fingerprint density at radius 2 is 1.94 bits per heavy atom. The largest absolute Gasteiger partial charge is 0.389 e. The fourth-order valence-electron chi connectivity index (χ4n) is 2.09. The SMILES string of the molecule is Cc1cc(N2CC(O)C(O)C2)ccc1CN. The van der Waals surface area contributed by atoms with Gasteiger partial charge in [0.05, 0.1) is 12.2 Å². The molecule has 2 atom stereocenters. The summed E-state index contributed by atoms with van der Waals surface area (Å²) in [6, 6.07) is 6.04. The molecule has 1 aliphatic rings. The molecule has 1 heterocycles. The van der Waals surface area contributed by atoms with Crippen LogP contribution in [0.15, 0.2) is 18.2 Å². The van der Waals surface area contributed by atoms with Gasteiger partial charge >= 0.3 is 0 Å². The number of benzene rings is 1. The smallest absolute Gasteiger partial charge is 0.0990 e. The number of rotatable bonds is 2. The third-order valence-corrected chi connectivity index (χ3v) is 3.17. The number of aliphatic hydroxyl groups excluding tert-OH is 2. The molecule has 1 aromatic rings. The highest BCUT2D eigenvalue weighted by Crippen LogP contribution is 2.23. The second-order valence-corrected chi connectivity index (χ2v) is 4.35. The van der Waals surface area contributed by atoms with Crippen LogP contribution < -0.4 is 10.6 Å². The maximum atomic E-state index is 9.49. The highest BCUT2D eigenvalue weighted by Gasteiger charge is 2.29. The van der Waals surface area contributed by atoms with Crippen molar-refractivity contribution < 1.29 is 10.2 Å². The van der Waals surface area contributed by atoms with Crippen molar-refractivity contribution in [2.24, 2.45) is 5.73 Å². The average Bonchev–Trinajstić information content (AvgIpc) is 2.59. The highest BCUT2D eigenvalue weighted by molar-refractivity contribution is 5.52. The van der Waals surface area contributed by atoms with E-state index in [0.29, 0.717) is 19.6 Å². The summed E-state index contributed by atoms with van der Waals surface area (Å²) in [6.07, 6.45) is -1.29. The Bertz CT molecular complexity index is 371. The van der Waals surface area contributed by atoms with Gasteiger partial charge in [0.15, 0.2) is 0 Å². The molecular formula is C12H18N2O2. The highest BCUT2D eigenvalue weighted by atomic mass is 16.3. The second kappa shape index (κ2) is 4.41. The van der Waals surface area contributed by atoms with Crippen molar-refractivity contribution >= 4 is 5.69 Å². The third kappa shape index (κ3) is 2.04. The first kappa shape index (κ1) is 11.4. The van der Waals surface area contributed by atoms with Gasteiger partial charge in [0.2, 0.25) is 0 Å². The van der Waals surface area contributed by atoms with Gasteiger partial charge < -0.3 is 20.8 Å². The van der Waals surface area contributed by atoms with E-state index in [9.17, 15) is 10.2 Å². The van der Waals surface area contributed by atoms with E-state index < -0.39 is 12.2 Å². The van der Waals surface area contributed by atoms with Gasteiger partial charge in [0, 0.05) is 25.3 Å². The van der Waals surface area contributed by atoms with Gasteiger partial charge in [-0.1, -0.05) is 6.07 Å². The van der Waals surface area contributed by atoms with Crippen molar-refractivity contribution in [1.82, 2.24) is 0 Å². The Hall–Kier alpha value is -1.10. The maximum Gasteiger partial charge on any atom is 0.0990 e. The molecule has 4 nitrogen and oxygen atoms in total. The van der Waals surface area contributed by atoms with Gasteiger partial charge in [-0.05, 0) is 30.2 Å². The lowest BCUT2D eigenvalue weighted by Gasteiger charge is -2.19. The molecule has 0 bridgehead atoms. The summed E-state index contributed by atoms with van der Waals surface area (Å²) >= 11 is 0. The lowest BCUT2D eigenvalue weighted by atomic mass is 10.1. The number of β-amino-alcohol motifs (C(OH)–C–C–N with tert-alkyl or cyclic N) is 2. The topological polar surface area (TPSA) is 69.7 Å². The van der Waals surface area contributed by atoms with Crippen molar-refractivity contribution in [3.05, 3.63) is 29.3 Å². The minimum atomic E-state index is -0.644. The van der Waals surface area contributed by atoms with Crippen molar-refractivity contribution in [2.45, 2.75) is 25.7 Å². The predicted molar refractivity (Wildman–Crippen MR) is 63.3 cm³/mol. The molecule has 0 amide bonds. The summed E-state index contributed by atoms with van der Waals surface area (Å²) in [5.74, 6) is 0. The number of aryl methyl sites for hydroxylation is 1. The Morgan fingerprint density at radius 1 is 1.31 bits per heavy atom. The van der Waals surface area contributed by atoms with E-state index >= 15 is 0 Å². The van der Waals surface area contributed by atoms with Crippen molar-refractivity contribution in [3.63, 3.8) is 0 Å². The van der Waals surface area contributed by atoms with Gasteiger partial charge in [0.1, 0.15) is 0 Å². The third-order valence-electron chi connectivity index (χ3n) is 3.17. The zero-order valence-corrected chi connectivity index (χ0v) is 9.43.